The van der Waals surface area contributed by atoms with Gasteiger partial charge in [0.2, 0.25) is 5.91 Å². The minimum atomic E-state index is -0.213. The molecule has 1 saturated heterocycles. The molecule has 2 aromatic rings. The van der Waals surface area contributed by atoms with Gasteiger partial charge < -0.3 is 5.32 Å². The van der Waals surface area contributed by atoms with Gasteiger partial charge in [-0.3, -0.25) is 4.79 Å². The first-order valence-electron chi connectivity index (χ1n) is 7.51. The van der Waals surface area contributed by atoms with Crippen LogP contribution in [0.15, 0.2) is 64.8 Å². The molecule has 1 atom stereocenters. The lowest BCUT2D eigenvalue weighted by Crippen LogP contribution is -2.25. The first-order valence-corrected chi connectivity index (χ1v) is 8.77. The Morgan fingerprint density at radius 3 is 2.75 bits per heavy atom. The maximum absolute atomic E-state index is 12.1. The largest absolute Gasteiger partial charge is 0.303 e. The number of nitrogens with zero attached hydrogens (tertiary/aromatic N) is 2. The Labute approximate surface area is 150 Å². The molecule has 0 aromatic heterocycles. The third-order valence-electron chi connectivity index (χ3n) is 3.57. The Morgan fingerprint density at radius 2 is 2.00 bits per heavy atom. The average Bonchev–Trinajstić information content (AvgIpc) is 2.93. The van der Waals surface area contributed by atoms with Gasteiger partial charge in [0, 0.05) is 5.02 Å². The summed E-state index contributed by atoms with van der Waals surface area (Å²) in [4.78, 5) is 12.1. The number of amidine groups is 1. The molecule has 0 spiro atoms. The van der Waals surface area contributed by atoms with Gasteiger partial charge in [0.15, 0.2) is 5.17 Å². The first-order chi connectivity index (χ1) is 11.6. The summed E-state index contributed by atoms with van der Waals surface area (Å²) in [6, 6.07) is 17.4. The fraction of sp³-hybridized carbons (Fsp3) is 0.167. The molecule has 1 aliphatic heterocycles. The second-order valence-electron chi connectivity index (χ2n) is 5.39. The van der Waals surface area contributed by atoms with Gasteiger partial charge in [-0.05, 0) is 36.6 Å². The van der Waals surface area contributed by atoms with Crippen LogP contribution in [0.3, 0.4) is 0 Å². The molecular formula is C18H16ClN3OS. The Bertz CT molecular complexity index is 805. The van der Waals surface area contributed by atoms with Gasteiger partial charge in [0.25, 0.3) is 0 Å². The predicted molar refractivity (Wildman–Crippen MR) is 101 cm³/mol. The van der Waals surface area contributed by atoms with Crippen LogP contribution in [0.1, 0.15) is 18.1 Å². The van der Waals surface area contributed by atoms with E-state index in [9.17, 15) is 4.79 Å². The van der Waals surface area contributed by atoms with Crippen molar-refractivity contribution in [2.45, 2.75) is 18.6 Å². The quantitative estimate of drug-likeness (QED) is 0.666. The molecule has 2 aromatic carbocycles. The molecule has 1 amide bonds. The predicted octanol–water partition coefficient (Wildman–Crippen LogP) is 3.89. The highest BCUT2D eigenvalue weighted by Gasteiger charge is 2.30. The molecule has 3 rings (SSSR count). The van der Waals surface area contributed by atoms with Crippen molar-refractivity contribution >= 4 is 40.1 Å². The molecule has 24 heavy (non-hydrogen) atoms. The van der Waals surface area contributed by atoms with Crippen molar-refractivity contribution < 1.29 is 4.79 Å². The van der Waals surface area contributed by atoms with Gasteiger partial charge in [-0.15, -0.1) is 5.10 Å². The number of hydrogen-bond donors (Lipinski definition) is 1. The van der Waals surface area contributed by atoms with E-state index in [0.29, 0.717) is 16.6 Å². The van der Waals surface area contributed by atoms with E-state index < -0.39 is 0 Å². The van der Waals surface area contributed by atoms with Crippen molar-refractivity contribution in [3.63, 3.8) is 0 Å². The van der Waals surface area contributed by atoms with E-state index in [1.54, 1.807) is 0 Å². The lowest BCUT2D eigenvalue weighted by molar-refractivity contribution is -0.118. The molecule has 1 unspecified atom stereocenters. The van der Waals surface area contributed by atoms with Crippen LogP contribution in [0.25, 0.3) is 0 Å². The summed E-state index contributed by atoms with van der Waals surface area (Å²) in [5.41, 5.74) is 2.84. The third kappa shape index (κ3) is 4.24. The van der Waals surface area contributed by atoms with E-state index >= 15 is 0 Å². The maximum atomic E-state index is 12.1. The molecular weight excluding hydrogens is 342 g/mol. The van der Waals surface area contributed by atoms with Gasteiger partial charge in [-0.2, -0.15) is 5.10 Å². The van der Waals surface area contributed by atoms with Crippen molar-refractivity contribution in [3.8, 4) is 0 Å². The topological polar surface area (TPSA) is 53.8 Å². The standard InChI is InChI=1S/C18H16ClN3OS/c1-12(14-7-3-2-4-8-14)21-22-18-20-17(23)16(24-18)11-13-6-5-9-15(19)10-13/h2-10,16H,11H2,1H3,(H,20,22,23). The van der Waals surface area contributed by atoms with Gasteiger partial charge in [0.05, 0.1) is 11.0 Å². The van der Waals surface area contributed by atoms with Crippen molar-refractivity contribution in [1.82, 2.24) is 5.32 Å². The zero-order chi connectivity index (χ0) is 16.9. The number of carbonyl (C=O) groups excluding carboxylic acids is 1. The number of hydrogen-bond acceptors (Lipinski definition) is 4. The normalized spacial score (nSPS) is 19.6. The Hall–Kier alpha value is -2.11. The van der Waals surface area contributed by atoms with E-state index in [0.717, 1.165) is 16.8 Å². The molecule has 0 bridgehead atoms. The highest BCUT2D eigenvalue weighted by molar-refractivity contribution is 8.15. The van der Waals surface area contributed by atoms with E-state index in [-0.39, 0.29) is 11.2 Å². The van der Waals surface area contributed by atoms with Crippen LogP contribution in [-0.2, 0) is 11.2 Å². The van der Waals surface area contributed by atoms with Crippen LogP contribution >= 0.6 is 23.4 Å². The number of rotatable bonds is 4. The van der Waals surface area contributed by atoms with Crippen LogP contribution < -0.4 is 5.32 Å². The highest BCUT2D eigenvalue weighted by atomic mass is 35.5. The lowest BCUT2D eigenvalue weighted by Gasteiger charge is -2.05. The fourth-order valence-electron chi connectivity index (χ4n) is 2.32. The lowest BCUT2D eigenvalue weighted by atomic mass is 10.1. The SMILES string of the molecule is CC(=NN=C1NC(=O)C(Cc2cccc(Cl)c2)S1)c1ccccc1. The van der Waals surface area contributed by atoms with Crippen molar-refractivity contribution in [2.24, 2.45) is 10.2 Å². The number of halogens is 1. The number of benzene rings is 2. The zero-order valence-corrected chi connectivity index (χ0v) is 14.6. The molecule has 1 aliphatic rings. The molecule has 0 radical (unpaired) electrons. The van der Waals surface area contributed by atoms with Crippen LogP contribution in [0.2, 0.25) is 5.02 Å². The highest BCUT2D eigenvalue weighted by Crippen LogP contribution is 2.24. The minimum Gasteiger partial charge on any atom is -0.303 e. The summed E-state index contributed by atoms with van der Waals surface area (Å²) in [6.45, 7) is 1.89. The summed E-state index contributed by atoms with van der Waals surface area (Å²) >= 11 is 7.39. The monoisotopic (exact) mass is 357 g/mol. The van der Waals surface area contributed by atoms with Crippen molar-refractivity contribution in [1.29, 1.82) is 0 Å². The van der Waals surface area contributed by atoms with Crippen LogP contribution in [-0.4, -0.2) is 22.0 Å². The molecule has 0 saturated carbocycles. The molecule has 122 valence electrons. The number of thioether (sulfide) groups is 1. The molecule has 0 aliphatic carbocycles. The summed E-state index contributed by atoms with van der Waals surface area (Å²) in [5.74, 6) is -0.0497. The Balaban J connectivity index is 1.68. The van der Waals surface area contributed by atoms with Gasteiger partial charge in [-0.25, -0.2) is 0 Å². The van der Waals surface area contributed by atoms with Crippen molar-refractivity contribution in [3.05, 3.63) is 70.7 Å². The Morgan fingerprint density at radius 1 is 1.21 bits per heavy atom. The fourth-order valence-corrected chi connectivity index (χ4v) is 3.49. The van der Waals surface area contributed by atoms with Crippen molar-refractivity contribution in [2.75, 3.05) is 0 Å². The molecule has 4 nitrogen and oxygen atoms in total. The van der Waals surface area contributed by atoms with E-state index in [2.05, 4.69) is 15.5 Å². The minimum absolute atomic E-state index is 0.0497. The molecule has 1 N–H and O–H groups in total. The second-order valence-corrected chi connectivity index (χ2v) is 7.01. The van der Waals surface area contributed by atoms with Crippen LogP contribution in [0.5, 0.6) is 0 Å². The summed E-state index contributed by atoms with van der Waals surface area (Å²) in [5, 5.41) is 12.2. The summed E-state index contributed by atoms with van der Waals surface area (Å²) < 4.78 is 0. The zero-order valence-electron chi connectivity index (χ0n) is 13.1. The van der Waals surface area contributed by atoms with E-state index in [1.165, 1.54) is 11.8 Å². The van der Waals surface area contributed by atoms with Crippen LogP contribution in [0.4, 0.5) is 0 Å². The smallest absolute Gasteiger partial charge is 0.239 e. The first kappa shape index (κ1) is 16.7. The molecule has 6 heteroatoms. The summed E-state index contributed by atoms with van der Waals surface area (Å²) in [7, 11) is 0. The average molecular weight is 358 g/mol. The van der Waals surface area contributed by atoms with Gasteiger partial charge in [0.1, 0.15) is 0 Å². The van der Waals surface area contributed by atoms with E-state index in [1.807, 2.05) is 61.5 Å². The Kier molecular flexibility index (Phi) is 5.33. The second kappa shape index (κ2) is 7.64. The number of amides is 1. The molecule has 1 fully saturated rings. The van der Waals surface area contributed by atoms with E-state index in [4.69, 9.17) is 11.6 Å². The third-order valence-corrected chi connectivity index (χ3v) is 4.88. The number of nitrogens with one attached hydrogen (secondary N) is 1. The molecule has 1 heterocycles. The van der Waals surface area contributed by atoms with Gasteiger partial charge in [-0.1, -0.05) is 65.8 Å². The van der Waals surface area contributed by atoms with Gasteiger partial charge >= 0.3 is 0 Å². The number of carbonyl (C=O) groups is 1. The maximum Gasteiger partial charge on any atom is 0.239 e. The summed E-state index contributed by atoms with van der Waals surface area (Å²) in [6.07, 6.45) is 0.609. The van der Waals surface area contributed by atoms with Crippen LogP contribution in [0, 0.1) is 0 Å².